The summed E-state index contributed by atoms with van der Waals surface area (Å²) in [4.78, 5) is 33.3. The number of para-hydroxylation sites is 1. The third kappa shape index (κ3) is 6.11. The maximum Gasteiger partial charge on any atom is 0.264 e. The standard InChI is InChI=1S/C34H45N5O4S/c1-3-22-44(42,43)35-34(41)26-14-15-27-30(23-26)39-21-20-38(24-31(40)37-18-16-36(4-2)17-19-37)29-13-9-8-12-28(29)33(39)32(27)25-10-6-5-7-11-25/h8-9,12-15,23,25H,3-7,10-11,16-22,24H2,1-2H3,(H,35,41). The van der Waals surface area contributed by atoms with E-state index >= 15 is 0 Å². The van der Waals surface area contributed by atoms with Crippen LogP contribution < -0.4 is 9.62 Å². The predicted molar refractivity (Wildman–Crippen MR) is 176 cm³/mol. The maximum atomic E-state index is 13.6. The van der Waals surface area contributed by atoms with Crippen molar-refractivity contribution in [3.05, 3.63) is 53.6 Å². The number of hydrogen-bond donors (Lipinski definition) is 1. The van der Waals surface area contributed by atoms with Crippen LogP contribution in [0.3, 0.4) is 0 Å². The first kappa shape index (κ1) is 30.6. The normalized spacial score (nSPS) is 18.1. The van der Waals surface area contributed by atoms with E-state index in [1.165, 1.54) is 30.5 Å². The van der Waals surface area contributed by atoms with Crippen molar-refractivity contribution in [2.75, 3.05) is 56.5 Å². The Kier molecular flexibility index (Phi) is 9.01. The van der Waals surface area contributed by atoms with E-state index in [1.54, 1.807) is 13.0 Å². The lowest BCUT2D eigenvalue weighted by atomic mass is 9.81. The summed E-state index contributed by atoms with van der Waals surface area (Å²) in [5.41, 5.74) is 5.95. The highest BCUT2D eigenvalue weighted by Crippen LogP contribution is 2.47. The number of likely N-dealkylation sites (N-methyl/N-ethyl adjacent to an activating group) is 1. The van der Waals surface area contributed by atoms with Gasteiger partial charge in [0.15, 0.2) is 0 Å². The Hall–Kier alpha value is -3.37. The number of carbonyl (C=O) groups is 2. The Labute approximate surface area is 261 Å². The quantitative estimate of drug-likeness (QED) is 0.389. The van der Waals surface area contributed by atoms with Crippen molar-refractivity contribution in [2.24, 2.45) is 0 Å². The van der Waals surface area contributed by atoms with Crippen molar-refractivity contribution >= 4 is 38.4 Å². The molecule has 236 valence electrons. The van der Waals surface area contributed by atoms with Crippen LogP contribution in [0.4, 0.5) is 5.69 Å². The summed E-state index contributed by atoms with van der Waals surface area (Å²) in [5.74, 6) is -0.123. The number of fused-ring (bicyclic) bond motifs is 5. The zero-order valence-corrected chi connectivity index (χ0v) is 26.9. The van der Waals surface area contributed by atoms with Crippen LogP contribution in [-0.4, -0.2) is 86.2 Å². The molecule has 1 aromatic heterocycles. The van der Waals surface area contributed by atoms with Crippen LogP contribution in [0.25, 0.3) is 22.2 Å². The molecule has 3 aliphatic rings. The third-order valence-electron chi connectivity index (χ3n) is 9.69. The highest BCUT2D eigenvalue weighted by Gasteiger charge is 2.32. The van der Waals surface area contributed by atoms with Gasteiger partial charge >= 0.3 is 0 Å². The molecule has 1 N–H and O–H groups in total. The summed E-state index contributed by atoms with van der Waals surface area (Å²) >= 11 is 0. The lowest BCUT2D eigenvalue weighted by molar-refractivity contribution is -0.131. The molecule has 0 radical (unpaired) electrons. The Morgan fingerprint density at radius 3 is 2.39 bits per heavy atom. The molecule has 2 fully saturated rings. The van der Waals surface area contributed by atoms with Crippen molar-refractivity contribution < 1.29 is 18.0 Å². The van der Waals surface area contributed by atoms with E-state index < -0.39 is 15.9 Å². The second kappa shape index (κ2) is 12.9. The summed E-state index contributed by atoms with van der Waals surface area (Å²) < 4.78 is 29.4. The number of carbonyl (C=O) groups excluding carboxylic acids is 2. The average molecular weight is 620 g/mol. The summed E-state index contributed by atoms with van der Waals surface area (Å²) in [6, 6.07) is 14.1. The first-order valence-corrected chi connectivity index (χ1v) is 18.0. The molecule has 10 heteroatoms. The highest BCUT2D eigenvalue weighted by molar-refractivity contribution is 7.90. The van der Waals surface area contributed by atoms with Gasteiger partial charge in [-0.25, -0.2) is 13.1 Å². The first-order chi connectivity index (χ1) is 21.3. The third-order valence-corrected chi connectivity index (χ3v) is 11.1. The van der Waals surface area contributed by atoms with Crippen LogP contribution in [0.1, 0.15) is 74.2 Å². The van der Waals surface area contributed by atoms with Crippen molar-refractivity contribution in [1.82, 2.24) is 19.1 Å². The van der Waals surface area contributed by atoms with Crippen LogP contribution in [-0.2, 0) is 21.4 Å². The molecule has 0 spiro atoms. The van der Waals surface area contributed by atoms with Gasteiger partial charge in [-0.3, -0.25) is 9.59 Å². The summed E-state index contributed by atoms with van der Waals surface area (Å²) in [5, 5.41) is 1.13. The number of nitrogens with zero attached hydrogens (tertiary/aromatic N) is 4. The van der Waals surface area contributed by atoms with E-state index in [0.717, 1.165) is 67.7 Å². The van der Waals surface area contributed by atoms with Crippen molar-refractivity contribution in [3.63, 3.8) is 0 Å². The zero-order chi connectivity index (χ0) is 30.8. The molecule has 2 amide bonds. The molecule has 1 saturated heterocycles. The zero-order valence-electron chi connectivity index (χ0n) is 26.1. The fraction of sp³-hybridized carbons (Fsp3) is 0.529. The minimum Gasteiger partial charge on any atom is -0.360 e. The molecule has 3 heterocycles. The van der Waals surface area contributed by atoms with E-state index in [2.05, 4.69) is 44.2 Å². The van der Waals surface area contributed by atoms with E-state index in [-0.39, 0.29) is 11.7 Å². The van der Waals surface area contributed by atoms with Crippen molar-refractivity contribution in [1.29, 1.82) is 0 Å². The molecule has 9 nitrogen and oxygen atoms in total. The molecule has 3 aromatic rings. The smallest absolute Gasteiger partial charge is 0.264 e. The minimum atomic E-state index is -3.69. The van der Waals surface area contributed by atoms with Gasteiger partial charge in [-0.15, -0.1) is 0 Å². The average Bonchev–Trinajstić information content (AvgIpc) is 3.27. The monoisotopic (exact) mass is 619 g/mol. The van der Waals surface area contributed by atoms with Gasteiger partial charge in [0.05, 0.1) is 18.0 Å². The fourth-order valence-electron chi connectivity index (χ4n) is 7.40. The molecule has 0 atom stereocenters. The molecule has 2 aromatic carbocycles. The molecule has 0 unspecified atom stereocenters. The Balaban J connectivity index is 1.40. The SMILES string of the molecule is CCCS(=O)(=O)NC(=O)c1ccc2c(C3CCCCC3)c3n(c2c1)CCN(CC(=O)N1CCN(CC)CC1)c1ccccc1-3. The second-order valence-corrected chi connectivity index (χ2v) is 14.3. The highest BCUT2D eigenvalue weighted by atomic mass is 32.2. The minimum absolute atomic E-state index is 0.0903. The molecule has 6 rings (SSSR count). The van der Waals surface area contributed by atoms with Gasteiger partial charge in [0, 0.05) is 67.0 Å². The van der Waals surface area contributed by atoms with E-state index in [1.807, 2.05) is 23.1 Å². The van der Waals surface area contributed by atoms with Gasteiger partial charge in [0.25, 0.3) is 5.91 Å². The lowest BCUT2D eigenvalue weighted by Gasteiger charge is -2.35. The number of piperazine rings is 1. The summed E-state index contributed by atoms with van der Waals surface area (Å²) in [7, 11) is -3.69. The largest absolute Gasteiger partial charge is 0.360 e. The number of rotatable bonds is 8. The molecule has 0 bridgehead atoms. The van der Waals surface area contributed by atoms with Gasteiger partial charge < -0.3 is 19.3 Å². The molecule has 2 aliphatic heterocycles. The van der Waals surface area contributed by atoms with Crippen LogP contribution >= 0.6 is 0 Å². The Morgan fingerprint density at radius 1 is 0.909 bits per heavy atom. The molecular weight excluding hydrogens is 574 g/mol. The number of amides is 2. The molecule has 1 aliphatic carbocycles. The lowest BCUT2D eigenvalue weighted by Crippen LogP contribution is -2.51. The Bertz CT molecular complexity index is 1630. The van der Waals surface area contributed by atoms with Gasteiger partial charge in [-0.05, 0) is 55.5 Å². The topological polar surface area (TPSA) is 95.0 Å². The number of hydrogen-bond acceptors (Lipinski definition) is 6. The Morgan fingerprint density at radius 2 is 1.66 bits per heavy atom. The van der Waals surface area contributed by atoms with Crippen molar-refractivity contribution in [2.45, 2.75) is 64.8 Å². The van der Waals surface area contributed by atoms with Gasteiger partial charge in [-0.1, -0.05) is 57.4 Å². The van der Waals surface area contributed by atoms with E-state index in [4.69, 9.17) is 0 Å². The van der Waals surface area contributed by atoms with Crippen LogP contribution in [0, 0.1) is 0 Å². The summed E-state index contributed by atoms with van der Waals surface area (Å²) in [6.07, 6.45) is 6.32. The van der Waals surface area contributed by atoms with Crippen molar-refractivity contribution in [3.8, 4) is 11.3 Å². The fourth-order valence-corrected chi connectivity index (χ4v) is 8.44. The number of sulfonamides is 1. The van der Waals surface area contributed by atoms with Gasteiger partial charge in [0.1, 0.15) is 0 Å². The number of benzene rings is 2. The second-order valence-electron chi connectivity index (χ2n) is 12.5. The maximum absolute atomic E-state index is 13.6. The van der Waals surface area contributed by atoms with Crippen LogP contribution in [0.15, 0.2) is 42.5 Å². The predicted octanol–water partition coefficient (Wildman–Crippen LogP) is 4.81. The number of anilines is 1. The number of aromatic nitrogens is 1. The van der Waals surface area contributed by atoms with Crippen LogP contribution in [0.5, 0.6) is 0 Å². The van der Waals surface area contributed by atoms with Gasteiger partial charge in [-0.2, -0.15) is 0 Å². The van der Waals surface area contributed by atoms with Gasteiger partial charge in [0.2, 0.25) is 15.9 Å². The molecule has 1 saturated carbocycles. The summed E-state index contributed by atoms with van der Waals surface area (Å²) in [6.45, 7) is 9.93. The van der Waals surface area contributed by atoms with E-state index in [9.17, 15) is 18.0 Å². The first-order valence-electron chi connectivity index (χ1n) is 16.3. The van der Waals surface area contributed by atoms with Crippen LogP contribution in [0.2, 0.25) is 0 Å². The molecular formula is C34H45N5O4S. The van der Waals surface area contributed by atoms with E-state index in [0.29, 0.717) is 37.5 Å². The molecule has 44 heavy (non-hydrogen) atoms. The number of nitrogens with one attached hydrogen (secondary N) is 1.